The van der Waals surface area contributed by atoms with Gasteiger partial charge in [0, 0.05) is 25.4 Å². The average molecular weight is 436 g/mol. The van der Waals surface area contributed by atoms with E-state index < -0.39 is 10.0 Å². The summed E-state index contributed by atoms with van der Waals surface area (Å²) in [7, 11) is -0.510. The number of nitrogens with one attached hydrogen (secondary N) is 1. The first-order chi connectivity index (χ1) is 13.4. The van der Waals surface area contributed by atoms with Crippen molar-refractivity contribution in [2.45, 2.75) is 22.6 Å². The van der Waals surface area contributed by atoms with Crippen LogP contribution in [0.2, 0.25) is 0 Å². The molecule has 0 spiro atoms. The van der Waals surface area contributed by atoms with E-state index in [9.17, 15) is 13.2 Å². The Morgan fingerprint density at radius 3 is 2.64 bits per heavy atom. The average Bonchev–Trinajstić information content (AvgIpc) is 3.07. The van der Waals surface area contributed by atoms with Gasteiger partial charge in [-0.15, -0.1) is 11.8 Å². The first-order valence-electron chi connectivity index (χ1n) is 8.67. The maximum atomic E-state index is 12.2. The van der Waals surface area contributed by atoms with Gasteiger partial charge in [-0.2, -0.15) is 0 Å². The summed E-state index contributed by atoms with van der Waals surface area (Å²) in [6.45, 7) is 0. The molecule has 3 aromatic rings. The molecule has 148 valence electrons. The maximum Gasteiger partial charge on any atom is 0.242 e. The largest absolute Gasteiger partial charge is 0.302 e. The van der Waals surface area contributed by atoms with Gasteiger partial charge in [-0.05, 0) is 42.5 Å². The van der Waals surface area contributed by atoms with Gasteiger partial charge in [0.2, 0.25) is 15.9 Å². The van der Waals surface area contributed by atoms with Crippen LogP contribution in [0, 0.1) is 0 Å². The molecular weight excluding hydrogens is 414 g/mol. The van der Waals surface area contributed by atoms with Crippen LogP contribution in [0.15, 0.2) is 58.3 Å². The highest BCUT2D eigenvalue weighted by Crippen LogP contribution is 2.29. The van der Waals surface area contributed by atoms with Crippen molar-refractivity contribution in [3.05, 3.63) is 48.5 Å². The van der Waals surface area contributed by atoms with Gasteiger partial charge in [0.25, 0.3) is 0 Å². The van der Waals surface area contributed by atoms with Gasteiger partial charge in [0.15, 0.2) is 5.13 Å². The second-order valence-electron chi connectivity index (χ2n) is 6.25. The molecule has 0 unspecified atom stereocenters. The van der Waals surface area contributed by atoms with Crippen LogP contribution in [0.4, 0.5) is 5.13 Å². The van der Waals surface area contributed by atoms with Crippen LogP contribution in [0.3, 0.4) is 0 Å². The molecule has 0 saturated carbocycles. The van der Waals surface area contributed by atoms with Crippen LogP contribution in [0.5, 0.6) is 0 Å². The number of sulfonamides is 1. The van der Waals surface area contributed by atoms with Gasteiger partial charge >= 0.3 is 0 Å². The number of hydrogen-bond donors (Lipinski definition) is 1. The molecule has 0 fully saturated rings. The molecule has 0 bridgehead atoms. The van der Waals surface area contributed by atoms with E-state index in [1.165, 1.54) is 40.7 Å². The van der Waals surface area contributed by atoms with Crippen LogP contribution < -0.4 is 5.32 Å². The summed E-state index contributed by atoms with van der Waals surface area (Å²) in [6, 6.07) is 14.9. The summed E-state index contributed by atoms with van der Waals surface area (Å²) in [5, 5.41) is 3.29. The van der Waals surface area contributed by atoms with Crippen LogP contribution >= 0.6 is 23.1 Å². The topological polar surface area (TPSA) is 79.4 Å². The molecule has 1 N–H and O–H groups in total. The number of fused-ring (bicyclic) bond motifs is 1. The Hall–Kier alpha value is -1.94. The highest BCUT2D eigenvalue weighted by molar-refractivity contribution is 7.99. The Labute approximate surface area is 173 Å². The Balaban J connectivity index is 1.57. The van der Waals surface area contributed by atoms with E-state index in [1.54, 1.807) is 23.9 Å². The van der Waals surface area contributed by atoms with Gasteiger partial charge in [0.1, 0.15) is 0 Å². The third kappa shape index (κ3) is 5.11. The number of thioether (sulfide) groups is 1. The zero-order valence-corrected chi connectivity index (χ0v) is 18.0. The number of rotatable bonds is 8. The Kier molecular flexibility index (Phi) is 6.71. The van der Waals surface area contributed by atoms with E-state index in [2.05, 4.69) is 22.4 Å². The second-order valence-corrected chi connectivity index (χ2v) is 10.6. The van der Waals surface area contributed by atoms with Crippen molar-refractivity contribution in [3.8, 4) is 0 Å². The fourth-order valence-corrected chi connectivity index (χ4v) is 5.25. The summed E-state index contributed by atoms with van der Waals surface area (Å²) in [5.41, 5.74) is 0.664. The lowest BCUT2D eigenvalue weighted by atomic mass is 10.3. The number of carbonyl (C=O) groups is 1. The molecule has 0 saturated heterocycles. The van der Waals surface area contributed by atoms with Crippen LogP contribution in [-0.2, 0) is 14.8 Å². The molecule has 0 radical (unpaired) electrons. The second kappa shape index (κ2) is 9.04. The molecule has 6 nitrogen and oxygen atoms in total. The zero-order chi connectivity index (χ0) is 20.1. The molecule has 0 aliphatic rings. The first-order valence-corrected chi connectivity index (χ1v) is 11.9. The summed E-state index contributed by atoms with van der Waals surface area (Å²) in [6.07, 6.45) is 1.18. The Morgan fingerprint density at radius 1 is 1.18 bits per heavy atom. The van der Waals surface area contributed by atoms with Gasteiger partial charge in [0.05, 0.1) is 15.1 Å². The van der Waals surface area contributed by atoms with Crippen molar-refractivity contribution in [1.82, 2.24) is 9.29 Å². The molecule has 0 atom stereocenters. The quantitative estimate of drug-likeness (QED) is 0.426. The summed E-state index contributed by atoms with van der Waals surface area (Å²) in [4.78, 5) is 17.9. The molecule has 1 heterocycles. The fourth-order valence-electron chi connectivity index (χ4n) is 2.45. The van der Waals surface area contributed by atoms with E-state index in [0.29, 0.717) is 17.1 Å². The van der Waals surface area contributed by atoms with E-state index in [0.717, 1.165) is 16.9 Å². The normalized spacial score (nSPS) is 11.8. The summed E-state index contributed by atoms with van der Waals surface area (Å²) < 4.78 is 26.4. The van der Waals surface area contributed by atoms with Crippen molar-refractivity contribution < 1.29 is 13.2 Å². The highest BCUT2D eigenvalue weighted by atomic mass is 32.2. The molecular formula is C19H21N3O3S3. The number of amides is 1. The summed E-state index contributed by atoms with van der Waals surface area (Å²) >= 11 is 3.00. The SMILES string of the molecule is CN(C)S(=O)(=O)c1ccc2nc(NC(=O)CCCSc3ccccc3)sc2c1. The Morgan fingerprint density at radius 2 is 1.93 bits per heavy atom. The minimum atomic E-state index is -3.50. The van der Waals surface area contributed by atoms with Crippen molar-refractivity contribution in [2.24, 2.45) is 0 Å². The van der Waals surface area contributed by atoms with Crippen molar-refractivity contribution in [3.63, 3.8) is 0 Å². The monoisotopic (exact) mass is 435 g/mol. The molecule has 28 heavy (non-hydrogen) atoms. The van der Waals surface area contributed by atoms with Gasteiger partial charge in [-0.25, -0.2) is 17.7 Å². The standard InChI is InChI=1S/C19H21N3O3S3/c1-22(2)28(24,25)15-10-11-16-17(13-15)27-19(20-16)21-18(23)9-6-12-26-14-7-4-3-5-8-14/h3-5,7-8,10-11,13H,6,9,12H2,1-2H3,(H,20,21,23). The molecule has 2 aromatic carbocycles. The molecule has 0 aliphatic carbocycles. The lowest BCUT2D eigenvalue weighted by molar-refractivity contribution is -0.116. The number of anilines is 1. The Bertz CT molecular complexity index is 1060. The van der Waals surface area contributed by atoms with E-state index in [1.807, 2.05) is 18.2 Å². The van der Waals surface area contributed by atoms with E-state index >= 15 is 0 Å². The molecule has 3 rings (SSSR count). The van der Waals surface area contributed by atoms with Gasteiger partial charge in [-0.1, -0.05) is 29.5 Å². The minimum Gasteiger partial charge on any atom is -0.302 e. The smallest absolute Gasteiger partial charge is 0.242 e. The van der Waals surface area contributed by atoms with Crippen molar-refractivity contribution >= 4 is 54.4 Å². The van der Waals surface area contributed by atoms with Crippen LogP contribution in [0.1, 0.15) is 12.8 Å². The van der Waals surface area contributed by atoms with E-state index in [-0.39, 0.29) is 10.8 Å². The van der Waals surface area contributed by atoms with Crippen LogP contribution in [-0.4, -0.2) is 43.5 Å². The fraction of sp³-hybridized carbons (Fsp3) is 0.263. The predicted octanol–water partition coefficient (Wildman–Crippen LogP) is 4.06. The zero-order valence-electron chi connectivity index (χ0n) is 15.6. The molecule has 0 aliphatic heterocycles. The number of benzene rings is 2. The highest BCUT2D eigenvalue weighted by Gasteiger charge is 2.18. The van der Waals surface area contributed by atoms with Crippen LogP contribution in [0.25, 0.3) is 10.2 Å². The minimum absolute atomic E-state index is 0.0890. The molecule has 1 aromatic heterocycles. The van der Waals surface area contributed by atoms with E-state index in [4.69, 9.17) is 0 Å². The predicted molar refractivity (Wildman–Crippen MR) is 116 cm³/mol. The number of nitrogens with zero attached hydrogens (tertiary/aromatic N) is 2. The molecule has 9 heteroatoms. The first kappa shape index (κ1) is 20.8. The lowest BCUT2D eigenvalue weighted by Gasteiger charge is -2.10. The van der Waals surface area contributed by atoms with Crippen molar-refractivity contribution in [2.75, 3.05) is 25.2 Å². The lowest BCUT2D eigenvalue weighted by Crippen LogP contribution is -2.22. The number of aromatic nitrogens is 1. The maximum absolute atomic E-state index is 12.2. The number of hydrogen-bond acceptors (Lipinski definition) is 6. The number of carbonyl (C=O) groups excluding carboxylic acids is 1. The number of thiazole rings is 1. The van der Waals surface area contributed by atoms with Gasteiger partial charge < -0.3 is 5.32 Å². The summed E-state index contributed by atoms with van der Waals surface area (Å²) in [5.74, 6) is 0.775. The van der Waals surface area contributed by atoms with Crippen molar-refractivity contribution in [1.29, 1.82) is 0 Å². The third-order valence-electron chi connectivity index (χ3n) is 3.94. The molecule has 1 amide bonds. The van der Waals surface area contributed by atoms with Gasteiger partial charge in [-0.3, -0.25) is 4.79 Å². The third-order valence-corrected chi connectivity index (χ3v) is 7.79.